The van der Waals surface area contributed by atoms with Gasteiger partial charge in [0.15, 0.2) is 0 Å². The van der Waals surface area contributed by atoms with E-state index in [0.717, 1.165) is 5.56 Å². The van der Waals surface area contributed by atoms with Gasteiger partial charge < -0.3 is 9.64 Å². The van der Waals surface area contributed by atoms with E-state index in [1.165, 1.54) is 7.11 Å². The van der Waals surface area contributed by atoms with Crippen LogP contribution in [0.15, 0.2) is 18.2 Å². The molecule has 1 amide bonds. The van der Waals surface area contributed by atoms with Gasteiger partial charge in [-0.2, -0.15) is 0 Å². The molecule has 0 aromatic heterocycles. The first-order chi connectivity index (χ1) is 9.52. The molecule has 1 saturated heterocycles. The molecule has 0 spiro atoms. The lowest BCUT2D eigenvalue weighted by molar-refractivity contribution is -0.146. The normalized spacial score (nSPS) is 16.1. The number of nitrogens with zero attached hydrogens (tertiary/aromatic N) is 1. The Morgan fingerprint density at radius 2 is 1.95 bits per heavy atom. The largest absolute Gasteiger partial charge is 0.469 e. The molecule has 1 aromatic carbocycles. The fraction of sp³-hybridized carbons (Fsp3) is 0.467. The summed E-state index contributed by atoms with van der Waals surface area (Å²) in [7, 11) is 1.40. The molecule has 0 bridgehead atoms. The predicted molar refractivity (Wildman–Crippen MR) is 76.8 cm³/mol. The van der Waals surface area contributed by atoms with E-state index >= 15 is 0 Å². The molecule has 1 heterocycles. The molecule has 4 nitrogen and oxygen atoms in total. The van der Waals surface area contributed by atoms with E-state index in [-0.39, 0.29) is 17.8 Å². The average molecular weight is 296 g/mol. The number of ether oxygens (including phenoxy) is 1. The maximum atomic E-state index is 12.5. The first-order valence-electron chi connectivity index (χ1n) is 6.66. The van der Waals surface area contributed by atoms with Crippen LogP contribution in [0.1, 0.15) is 28.8 Å². The minimum absolute atomic E-state index is 0.0201. The van der Waals surface area contributed by atoms with E-state index < -0.39 is 0 Å². The number of esters is 1. The SMILES string of the molecule is COC(=O)C1CCN(C(=O)c2cc(Cl)ccc2C)CC1. The van der Waals surface area contributed by atoms with Crippen molar-refractivity contribution in [2.24, 2.45) is 5.92 Å². The molecule has 0 unspecified atom stereocenters. The maximum absolute atomic E-state index is 12.5. The second kappa shape index (κ2) is 6.27. The van der Waals surface area contributed by atoms with Crippen LogP contribution in [0.5, 0.6) is 0 Å². The summed E-state index contributed by atoms with van der Waals surface area (Å²) < 4.78 is 4.75. The number of halogens is 1. The Hall–Kier alpha value is -1.55. The second-order valence-corrected chi connectivity index (χ2v) is 5.49. The molecular weight excluding hydrogens is 278 g/mol. The van der Waals surface area contributed by atoms with Crippen LogP contribution in [0.25, 0.3) is 0 Å². The highest BCUT2D eigenvalue weighted by Gasteiger charge is 2.28. The molecule has 1 aliphatic rings. The lowest BCUT2D eigenvalue weighted by Gasteiger charge is -2.31. The standard InChI is InChI=1S/C15H18ClNO3/c1-10-3-4-12(16)9-13(10)14(18)17-7-5-11(6-8-17)15(19)20-2/h3-4,9,11H,5-8H2,1-2H3. The summed E-state index contributed by atoms with van der Waals surface area (Å²) in [6, 6.07) is 5.32. The van der Waals surface area contributed by atoms with Crippen molar-refractivity contribution in [2.45, 2.75) is 19.8 Å². The van der Waals surface area contributed by atoms with E-state index in [0.29, 0.717) is 36.5 Å². The summed E-state index contributed by atoms with van der Waals surface area (Å²) in [6.45, 7) is 3.04. The van der Waals surface area contributed by atoms with Crippen molar-refractivity contribution in [3.8, 4) is 0 Å². The summed E-state index contributed by atoms with van der Waals surface area (Å²) >= 11 is 5.95. The lowest BCUT2D eigenvalue weighted by atomic mass is 9.96. The quantitative estimate of drug-likeness (QED) is 0.788. The topological polar surface area (TPSA) is 46.6 Å². The minimum atomic E-state index is -0.184. The number of likely N-dealkylation sites (tertiary alicyclic amines) is 1. The van der Waals surface area contributed by atoms with Crippen molar-refractivity contribution >= 4 is 23.5 Å². The second-order valence-electron chi connectivity index (χ2n) is 5.05. The molecule has 2 rings (SSSR count). The number of carbonyl (C=O) groups excluding carboxylic acids is 2. The van der Waals surface area contributed by atoms with Gasteiger partial charge in [0, 0.05) is 23.7 Å². The molecule has 5 heteroatoms. The number of amides is 1. The Morgan fingerprint density at radius 1 is 1.30 bits per heavy atom. The zero-order chi connectivity index (χ0) is 14.7. The first kappa shape index (κ1) is 14.9. The van der Waals surface area contributed by atoms with Crippen molar-refractivity contribution in [2.75, 3.05) is 20.2 Å². The molecule has 1 aliphatic heterocycles. The lowest BCUT2D eigenvalue weighted by Crippen LogP contribution is -2.40. The van der Waals surface area contributed by atoms with Crippen LogP contribution in [0.3, 0.4) is 0 Å². The molecule has 0 radical (unpaired) electrons. The molecule has 1 fully saturated rings. The smallest absolute Gasteiger partial charge is 0.308 e. The van der Waals surface area contributed by atoms with Crippen molar-refractivity contribution in [1.29, 1.82) is 0 Å². The van der Waals surface area contributed by atoms with Crippen LogP contribution < -0.4 is 0 Å². The van der Waals surface area contributed by atoms with E-state index in [9.17, 15) is 9.59 Å². The van der Waals surface area contributed by atoms with Crippen LogP contribution in [-0.4, -0.2) is 37.0 Å². The Morgan fingerprint density at radius 3 is 2.55 bits per heavy atom. The fourth-order valence-corrected chi connectivity index (χ4v) is 2.65. The number of carbonyl (C=O) groups is 2. The maximum Gasteiger partial charge on any atom is 0.308 e. The number of hydrogen-bond donors (Lipinski definition) is 0. The minimum Gasteiger partial charge on any atom is -0.469 e. The van der Waals surface area contributed by atoms with Gasteiger partial charge in [0.05, 0.1) is 13.0 Å². The van der Waals surface area contributed by atoms with Gasteiger partial charge in [-0.05, 0) is 37.5 Å². The summed E-state index contributed by atoms with van der Waals surface area (Å²) in [5.74, 6) is -0.297. The molecule has 0 atom stereocenters. The number of aryl methyl sites for hydroxylation is 1. The molecule has 0 aliphatic carbocycles. The zero-order valence-electron chi connectivity index (χ0n) is 11.7. The van der Waals surface area contributed by atoms with Gasteiger partial charge in [0.2, 0.25) is 0 Å². The molecule has 0 N–H and O–H groups in total. The molecular formula is C15H18ClNO3. The third-order valence-electron chi connectivity index (χ3n) is 3.75. The fourth-order valence-electron chi connectivity index (χ4n) is 2.48. The van der Waals surface area contributed by atoms with E-state index in [1.54, 1.807) is 17.0 Å². The molecule has 0 saturated carbocycles. The van der Waals surface area contributed by atoms with Crippen LogP contribution in [-0.2, 0) is 9.53 Å². The number of piperidine rings is 1. The highest BCUT2D eigenvalue weighted by molar-refractivity contribution is 6.31. The number of rotatable bonds is 2. The van der Waals surface area contributed by atoms with Gasteiger partial charge in [-0.3, -0.25) is 9.59 Å². The van der Waals surface area contributed by atoms with Gasteiger partial charge in [-0.25, -0.2) is 0 Å². The van der Waals surface area contributed by atoms with Gasteiger partial charge in [-0.1, -0.05) is 17.7 Å². The monoisotopic (exact) mass is 295 g/mol. The molecule has 20 heavy (non-hydrogen) atoms. The van der Waals surface area contributed by atoms with Crippen LogP contribution in [0.2, 0.25) is 5.02 Å². The van der Waals surface area contributed by atoms with Gasteiger partial charge in [0.25, 0.3) is 5.91 Å². The third-order valence-corrected chi connectivity index (χ3v) is 3.98. The van der Waals surface area contributed by atoms with Crippen molar-refractivity contribution < 1.29 is 14.3 Å². The van der Waals surface area contributed by atoms with Crippen LogP contribution in [0.4, 0.5) is 0 Å². The molecule has 108 valence electrons. The third kappa shape index (κ3) is 3.12. The Balaban J connectivity index is 2.05. The highest BCUT2D eigenvalue weighted by Crippen LogP contribution is 2.22. The first-order valence-corrected chi connectivity index (χ1v) is 7.04. The van der Waals surface area contributed by atoms with Crippen molar-refractivity contribution in [3.05, 3.63) is 34.3 Å². The van der Waals surface area contributed by atoms with E-state index in [1.807, 2.05) is 13.0 Å². The highest BCUT2D eigenvalue weighted by atomic mass is 35.5. The summed E-state index contributed by atoms with van der Waals surface area (Å²) in [5, 5.41) is 0.559. The molecule has 1 aromatic rings. The Kier molecular flexibility index (Phi) is 4.65. The van der Waals surface area contributed by atoms with Gasteiger partial charge >= 0.3 is 5.97 Å². The predicted octanol–water partition coefficient (Wildman–Crippen LogP) is 2.67. The van der Waals surface area contributed by atoms with Gasteiger partial charge in [0.1, 0.15) is 0 Å². The van der Waals surface area contributed by atoms with Crippen molar-refractivity contribution in [1.82, 2.24) is 4.90 Å². The van der Waals surface area contributed by atoms with E-state index in [4.69, 9.17) is 16.3 Å². The Bertz CT molecular complexity index is 522. The number of hydrogen-bond acceptors (Lipinski definition) is 3. The Labute approximate surface area is 123 Å². The zero-order valence-corrected chi connectivity index (χ0v) is 12.4. The summed E-state index contributed by atoms with van der Waals surface area (Å²) in [5.41, 5.74) is 1.54. The van der Waals surface area contributed by atoms with Crippen LogP contribution in [0, 0.1) is 12.8 Å². The summed E-state index contributed by atoms with van der Waals surface area (Å²) in [6.07, 6.45) is 1.30. The number of benzene rings is 1. The van der Waals surface area contributed by atoms with E-state index in [2.05, 4.69) is 0 Å². The summed E-state index contributed by atoms with van der Waals surface area (Å²) in [4.78, 5) is 25.7. The van der Waals surface area contributed by atoms with Crippen molar-refractivity contribution in [3.63, 3.8) is 0 Å². The number of methoxy groups -OCH3 is 1. The average Bonchev–Trinajstić information content (AvgIpc) is 2.48. The van der Waals surface area contributed by atoms with Gasteiger partial charge in [-0.15, -0.1) is 0 Å². The van der Waals surface area contributed by atoms with Crippen LogP contribution >= 0.6 is 11.6 Å².